The van der Waals surface area contributed by atoms with Gasteiger partial charge >= 0.3 is 5.97 Å². The van der Waals surface area contributed by atoms with Gasteiger partial charge in [0.1, 0.15) is 5.92 Å². The molecular weight excluding hydrogens is 585 g/mol. The lowest BCUT2D eigenvalue weighted by atomic mass is 9.96. The van der Waals surface area contributed by atoms with Gasteiger partial charge in [-0.05, 0) is 49.7 Å². The third-order valence-corrected chi connectivity index (χ3v) is 20.4. The van der Waals surface area contributed by atoms with Gasteiger partial charge in [0.25, 0.3) is 8.32 Å². The molecule has 0 radical (unpaired) electrons. The number of ether oxygens (including phenoxy) is 2. The molecule has 6 nitrogen and oxygen atoms in total. The van der Waals surface area contributed by atoms with Gasteiger partial charge < -0.3 is 23.4 Å². The number of carbonyl (C=O) groups is 1. The lowest BCUT2D eigenvalue weighted by Gasteiger charge is -2.47. The summed E-state index contributed by atoms with van der Waals surface area (Å²) in [4.78, 5) is 13.4. The molecule has 44 heavy (non-hydrogen) atoms. The topological polar surface area (TPSA) is 74.2 Å². The fourth-order valence-electron chi connectivity index (χ4n) is 7.37. The third-order valence-electron chi connectivity index (χ3n) is 9.34. The van der Waals surface area contributed by atoms with Gasteiger partial charge in [0.15, 0.2) is 11.5 Å². The third kappa shape index (κ3) is 6.40. The highest BCUT2D eigenvalue weighted by Crippen LogP contribution is 2.48. The largest absolute Gasteiger partial charge is 0.481 e. The molecule has 2 atom stereocenters. The lowest BCUT2D eigenvalue weighted by Crippen LogP contribution is -2.67. The summed E-state index contributed by atoms with van der Waals surface area (Å²) >= 11 is 0. The molecule has 4 rings (SSSR count). The van der Waals surface area contributed by atoms with Gasteiger partial charge in [-0.1, -0.05) is 129 Å². The van der Waals surface area contributed by atoms with Crippen molar-refractivity contribution in [3.8, 4) is 11.5 Å². The van der Waals surface area contributed by atoms with Crippen LogP contribution in [0.3, 0.4) is 0 Å². The molecular formula is C36H50O6Si2. The monoisotopic (exact) mass is 634 g/mol. The van der Waals surface area contributed by atoms with E-state index in [4.69, 9.17) is 18.3 Å². The molecule has 0 unspecified atom stereocenters. The minimum absolute atomic E-state index is 0.000485. The summed E-state index contributed by atoms with van der Waals surface area (Å²) in [7, 11) is -5.52. The zero-order valence-corrected chi connectivity index (χ0v) is 29.8. The van der Waals surface area contributed by atoms with E-state index in [0.29, 0.717) is 11.5 Å². The van der Waals surface area contributed by atoms with Crippen LogP contribution in [0, 0.1) is 5.92 Å². The van der Waals surface area contributed by atoms with E-state index in [1.54, 1.807) is 0 Å². The maximum atomic E-state index is 13.4. The van der Waals surface area contributed by atoms with Crippen molar-refractivity contribution < 1.29 is 28.2 Å². The fourth-order valence-corrected chi connectivity index (χ4v) is 17.5. The van der Waals surface area contributed by atoms with Crippen LogP contribution in [0.2, 0.25) is 21.7 Å². The van der Waals surface area contributed by atoms with Gasteiger partial charge in [-0.15, -0.1) is 0 Å². The second-order valence-electron chi connectivity index (χ2n) is 13.9. The van der Waals surface area contributed by atoms with Crippen molar-refractivity contribution in [1.29, 1.82) is 0 Å². The average molecular weight is 635 g/mol. The summed E-state index contributed by atoms with van der Waals surface area (Å²) in [6.07, 6.45) is -0.737. The molecule has 0 saturated carbocycles. The summed E-state index contributed by atoms with van der Waals surface area (Å²) in [6, 6.07) is 26.4. The van der Waals surface area contributed by atoms with Crippen LogP contribution in [0.1, 0.15) is 74.0 Å². The first kappa shape index (κ1) is 34.0. The molecule has 0 spiro atoms. The SMILES string of the molecule is CC(C)[Si](O[C@H](c1ccc2c(c1)OCO2)[C@@H](CO[Si](c1ccccc1)(c1ccccc1)C(C)(C)C)C(=O)O)(C(C)C)C(C)C. The number of aliphatic carboxylic acids is 1. The Morgan fingerprint density at radius 1 is 0.795 bits per heavy atom. The molecule has 0 aromatic heterocycles. The average Bonchev–Trinajstić information content (AvgIpc) is 3.44. The molecule has 1 N–H and O–H groups in total. The van der Waals surface area contributed by atoms with Crippen LogP contribution >= 0.6 is 0 Å². The number of benzene rings is 3. The van der Waals surface area contributed by atoms with E-state index in [9.17, 15) is 9.90 Å². The van der Waals surface area contributed by atoms with E-state index in [1.807, 2.05) is 54.6 Å². The molecule has 0 saturated heterocycles. The van der Waals surface area contributed by atoms with Crippen LogP contribution in [0.5, 0.6) is 11.5 Å². The van der Waals surface area contributed by atoms with Crippen LogP contribution in [-0.2, 0) is 13.6 Å². The quantitative estimate of drug-likeness (QED) is 0.193. The molecule has 1 aliphatic heterocycles. The Balaban J connectivity index is 1.87. The van der Waals surface area contributed by atoms with Gasteiger partial charge in [0, 0.05) is 0 Å². The highest BCUT2D eigenvalue weighted by atomic mass is 28.4. The van der Waals surface area contributed by atoms with E-state index in [1.165, 1.54) is 0 Å². The van der Waals surface area contributed by atoms with Crippen LogP contribution in [-0.4, -0.2) is 41.1 Å². The molecule has 3 aromatic carbocycles. The van der Waals surface area contributed by atoms with Crippen molar-refractivity contribution in [2.45, 2.75) is 90.1 Å². The Kier molecular flexibility index (Phi) is 10.5. The van der Waals surface area contributed by atoms with E-state index in [2.05, 4.69) is 86.6 Å². The number of fused-ring (bicyclic) bond motifs is 1. The standard InChI is InChI=1S/C36H50O6Si2/c1-25(2)43(26(3)4,27(5)6)42-34(28-20-21-32-33(22-28)40-24-39-32)31(35(37)38)23-41-44(36(7,8)9,29-16-12-10-13-17-29)30-18-14-11-15-19-30/h10-22,25-27,31,34H,23-24H2,1-9H3,(H,37,38)/t31-,34-/m1/s1. The van der Waals surface area contributed by atoms with Crippen LogP contribution in [0.15, 0.2) is 78.9 Å². The maximum absolute atomic E-state index is 13.4. The smallest absolute Gasteiger partial charge is 0.311 e. The zero-order valence-electron chi connectivity index (χ0n) is 27.8. The van der Waals surface area contributed by atoms with E-state index in [0.717, 1.165) is 15.9 Å². The molecule has 1 heterocycles. The first-order chi connectivity index (χ1) is 20.8. The summed E-state index contributed by atoms with van der Waals surface area (Å²) in [5.74, 6) is -0.632. The van der Waals surface area contributed by atoms with Gasteiger partial charge in [-0.3, -0.25) is 4.79 Å². The second-order valence-corrected chi connectivity index (χ2v) is 23.6. The van der Waals surface area contributed by atoms with Crippen molar-refractivity contribution in [3.63, 3.8) is 0 Å². The Bertz CT molecular complexity index is 1320. The van der Waals surface area contributed by atoms with Gasteiger partial charge in [0.2, 0.25) is 15.1 Å². The molecule has 3 aromatic rings. The predicted molar refractivity (Wildman–Crippen MR) is 182 cm³/mol. The van der Waals surface area contributed by atoms with E-state index in [-0.39, 0.29) is 35.1 Å². The Morgan fingerprint density at radius 3 is 1.75 bits per heavy atom. The summed E-state index contributed by atoms with van der Waals surface area (Å²) in [6.45, 7) is 20.1. The summed E-state index contributed by atoms with van der Waals surface area (Å²) in [5.41, 5.74) is 1.58. The van der Waals surface area contributed by atoms with Gasteiger partial charge in [-0.25, -0.2) is 0 Å². The van der Waals surface area contributed by atoms with Crippen LogP contribution in [0.4, 0.5) is 0 Å². The summed E-state index contributed by atoms with van der Waals surface area (Å²) in [5, 5.41) is 12.9. The van der Waals surface area contributed by atoms with Gasteiger partial charge in [-0.2, -0.15) is 0 Å². The molecule has 238 valence electrons. The molecule has 0 bridgehead atoms. The number of rotatable bonds is 13. The Morgan fingerprint density at radius 2 is 1.30 bits per heavy atom. The van der Waals surface area contributed by atoms with Crippen molar-refractivity contribution in [1.82, 2.24) is 0 Å². The Hall–Kier alpha value is -2.92. The van der Waals surface area contributed by atoms with Crippen molar-refractivity contribution >= 4 is 33.0 Å². The number of hydrogen-bond acceptors (Lipinski definition) is 5. The van der Waals surface area contributed by atoms with Crippen molar-refractivity contribution in [3.05, 3.63) is 84.4 Å². The van der Waals surface area contributed by atoms with E-state index >= 15 is 0 Å². The summed E-state index contributed by atoms with van der Waals surface area (Å²) < 4.78 is 25.9. The fraction of sp³-hybridized carbons (Fsp3) is 0.472. The van der Waals surface area contributed by atoms with Crippen LogP contribution in [0.25, 0.3) is 0 Å². The number of carboxylic acid groups (broad SMARTS) is 1. The minimum Gasteiger partial charge on any atom is -0.481 e. The molecule has 0 amide bonds. The maximum Gasteiger partial charge on any atom is 0.311 e. The van der Waals surface area contributed by atoms with E-state index < -0.39 is 34.6 Å². The first-order valence-electron chi connectivity index (χ1n) is 15.8. The Labute approximate surface area is 266 Å². The highest BCUT2D eigenvalue weighted by molar-refractivity contribution is 6.99. The highest BCUT2D eigenvalue weighted by Gasteiger charge is 2.53. The zero-order chi connectivity index (χ0) is 32.3. The number of hydrogen-bond donors (Lipinski definition) is 1. The lowest BCUT2D eigenvalue weighted by molar-refractivity contribution is -0.147. The normalized spacial score (nSPS) is 15.2. The van der Waals surface area contributed by atoms with Crippen LogP contribution < -0.4 is 19.8 Å². The molecule has 8 heteroatoms. The molecule has 0 aliphatic carbocycles. The molecule has 0 fully saturated rings. The number of carboxylic acids is 1. The van der Waals surface area contributed by atoms with Gasteiger partial charge in [0.05, 0.1) is 12.7 Å². The molecule has 1 aliphatic rings. The van der Waals surface area contributed by atoms with Crippen molar-refractivity contribution in [2.75, 3.05) is 13.4 Å². The predicted octanol–water partition coefficient (Wildman–Crippen LogP) is 7.93. The van der Waals surface area contributed by atoms with Crippen molar-refractivity contribution in [2.24, 2.45) is 5.92 Å². The second kappa shape index (κ2) is 13.6. The minimum atomic E-state index is -3.00. The first-order valence-corrected chi connectivity index (χ1v) is 19.9.